The summed E-state index contributed by atoms with van der Waals surface area (Å²) >= 11 is 0. The molecule has 2 rings (SSSR count). The van der Waals surface area contributed by atoms with Gasteiger partial charge in [-0.1, -0.05) is 18.2 Å². The summed E-state index contributed by atoms with van der Waals surface area (Å²) in [5.41, 5.74) is 5.14. The van der Waals surface area contributed by atoms with Crippen molar-refractivity contribution in [2.75, 3.05) is 6.61 Å². The van der Waals surface area contributed by atoms with Crippen LogP contribution in [0.15, 0.2) is 47.6 Å². The van der Waals surface area contributed by atoms with Gasteiger partial charge in [0.1, 0.15) is 11.5 Å². The van der Waals surface area contributed by atoms with Gasteiger partial charge in [0.05, 0.1) is 6.21 Å². The summed E-state index contributed by atoms with van der Waals surface area (Å²) in [4.78, 5) is 11.7. The van der Waals surface area contributed by atoms with Crippen molar-refractivity contribution in [3.05, 3.63) is 59.2 Å². The third-order valence-electron chi connectivity index (χ3n) is 3.05. The first-order chi connectivity index (χ1) is 10.6. The van der Waals surface area contributed by atoms with Crippen molar-refractivity contribution >= 4 is 12.1 Å². The van der Waals surface area contributed by atoms with Gasteiger partial charge in [-0.2, -0.15) is 5.10 Å². The molecule has 0 saturated carbocycles. The molecule has 2 N–H and O–H groups in total. The number of carbonyl (C=O) groups excluding carboxylic acids is 1. The zero-order valence-electron chi connectivity index (χ0n) is 12.5. The average Bonchev–Trinajstić information content (AvgIpc) is 2.49. The Morgan fingerprint density at radius 2 is 1.82 bits per heavy atom. The first-order valence-corrected chi connectivity index (χ1v) is 6.86. The van der Waals surface area contributed by atoms with E-state index in [0.29, 0.717) is 0 Å². The lowest BCUT2D eigenvalue weighted by Gasteiger charge is -2.10. The molecule has 5 heteroatoms. The number of nitrogens with zero attached hydrogens (tertiary/aromatic N) is 1. The van der Waals surface area contributed by atoms with Gasteiger partial charge in [-0.05, 0) is 54.8 Å². The highest BCUT2D eigenvalue weighted by molar-refractivity contribution is 5.83. The molecule has 2 aromatic rings. The van der Waals surface area contributed by atoms with Gasteiger partial charge >= 0.3 is 0 Å². The molecular formula is C17H18N2O3. The van der Waals surface area contributed by atoms with Crippen LogP contribution < -0.4 is 10.2 Å². The number of para-hydroxylation sites is 1. The molecule has 22 heavy (non-hydrogen) atoms. The van der Waals surface area contributed by atoms with Gasteiger partial charge in [-0.3, -0.25) is 4.79 Å². The van der Waals surface area contributed by atoms with E-state index < -0.39 is 0 Å². The van der Waals surface area contributed by atoms with E-state index in [2.05, 4.69) is 10.5 Å². The van der Waals surface area contributed by atoms with Gasteiger partial charge in [-0.25, -0.2) is 5.43 Å². The summed E-state index contributed by atoms with van der Waals surface area (Å²) in [7, 11) is 0. The predicted octanol–water partition coefficient (Wildman–Crippen LogP) is 2.54. The molecule has 5 nitrogen and oxygen atoms in total. The van der Waals surface area contributed by atoms with Crippen LogP contribution in [0.1, 0.15) is 16.7 Å². The third-order valence-corrected chi connectivity index (χ3v) is 3.05. The number of hydrazone groups is 1. The molecule has 0 aliphatic carbocycles. The van der Waals surface area contributed by atoms with Crippen molar-refractivity contribution < 1.29 is 14.6 Å². The molecule has 0 aliphatic heterocycles. The predicted molar refractivity (Wildman–Crippen MR) is 85.3 cm³/mol. The smallest absolute Gasteiger partial charge is 0.277 e. The molecule has 114 valence electrons. The van der Waals surface area contributed by atoms with E-state index in [9.17, 15) is 4.79 Å². The van der Waals surface area contributed by atoms with Crippen molar-refractivity contribution in [1.29, 1.82) is 0 Å². The number of rotatable bonds is 5. The van der Waals surface area contributed by atoms with Gasteiger partial charge in [-0.15, -0.1) is 0 Å². The van der Waals surface area contributed by atoms with E-state index in [1.165, 1.54) is 6.21 Å². The van der Waals surface area contributed by atoms with Crippen molar-refractivity contribution in [3.8, 4) is 11.5 Å². The van der Waals surface area contributed by atoms with Gasteiger partial charge in [0.25, 0.3) is 5.91 Å². The topological polar surface area (TPSA) is 70.9 Å². The average molecular weight is 298 g/mol. The van der Waals surface area contributed by atoms with E-state index in [1.807, 2.05) is 32.0 Å². The van der Waals surface area contributed by atoms with Gasteiger partial charge in [0.15, 0.2) is 6.61 Å². The quantitative estimate of drug-likeness (QED) is 0.658. The van der Waals surface area contributed by atoms with E-state index in [-0.39, 0.29) is 18.3 Å². The van der Waals surface area contributed by atoms with Crippen LogP contribution in [-0.4, -0.2) is 23.8 Å². The summed E-state index contributed by atoms with van der Waals surface area (Å²) in [6.07, 6.45) is 1.50. The third kappa shape index (κ3) is 4.34. The summed E-state index contributed by atoms with van der Waals surface area (Å²) in [6, 6.07) is 12.3. The minimum atomic E-state index is -0.335. The summed E-state index contributed by atoms with van der Waals surface area (Å²) in [6.45, 7) is 3.77. The highest BCUT2D eigenvalue weighted by Crippen LogP contribution is 2.21. The lowest BCUT2D eigenvalue weighted by molar-refractivity contribution is -0.123. The van der Waals surface area contributed by atoms with Crippen LogP contribution in [0.4, 0.5) is 0 Å². The van der Waals surface area contributed by atoms with E-state index in [4.69, 9.17) is 9.84 Å². The van der Waals surface area contributed by atoms with Gasteiger partial charge in [0, 0.05) is 0 Å². The second kappa shape index (κ2) is 7.26. The van der Waals surface area contributed by atoms with Crippen LogP contribution in [0.5, 0.6) is 11.5 Å². The van der Waals surface area contributed by atoms with Crippen LogP contribution in [-0.2, 0) is 4.79 Å². The second-order valence-electron chi connectivity index (χ2n) is 4.89. The Hall–Kier alpha value is -2.82. The number of nitrogens with one attached hydrogen (secondary N) is 1. The number of carbonyl (C=O) groups is 1. The summed E-state index contributed by atoms with van der Waals surface area (Å²) < 4.78 is 5.53. The highest BCUT2D eigenvalue weighted by atomic mass is 16.5. The number of hydrogen-bond acceptors (Lipinski definition) is 4. The number of benzene rings is 2. The maximum atomic E-state index is 11.7. The Labute approximate surface area is 129 Å². The minimum absolute atomic E-state index is 0.0986. The maximum absolute atomic E-state index is 11.7. The molecule has 0 atom stereocenters. The summed E-state index contributed by atoms with van der Waals surface area (Å²) in [5.74, 6) is 0.570. The second-order valence-corrected chi connectivity index (χ2v) is 4.89. The van der Waals surface area contributed by atoms with Crippen LogP contribution in [0.25, 0.3) is 0 Å². The molecule has 0 aromatic heterocycles. The van der Waals surface area contributed by atoms with Crippen molar-refractivity contribution in [1.82, 2.24) is 5.43 Å². The van der Waals surface area contributed by atoms with Crippen LogP contribution in [0.3, 0.4) is 0 Å². The molecule has 0 unspecified atom stereocenters. The lowest BCUT2D eigenvalue weighted by atomic mass is 10.1. The number of aromatic hydroxyl groups is 1. The zero-order valence-corrected chi connectivity index (χ0v) is 12.5. The Kier molecular flexibility index (Phi) is 5.14. The van der Waals surface area contributed by atoms with E-state index >= 15 is 0 Å². The Morgan fingerprint density at radius 1 is 1.18 bits per heavy atom. The van der Waals surface area contributed by atoms with Crippen molar-refractivity contribution in [3.63, 3.8) is 0 Å². The molecule has 0 aliphatic rings. The van der Waals surface area contributed by atoms with Crippen molar-refractivity contribution in [2.24, 2.45) is 5.10 Å². The SMILES string of the molecule is Cc1cccc(C)c1OCC(=O)NN=Cc1ccc(O)cc1. The zero-order chi connectivity index (χ0) is 15.9. The fraction of sp³-hybridized carbons (Fsp3) is 0.176. The highest BCUT2D eigenvalue weighted by Gasteiger charge is 2.06. The lowest BCUT2D eigenvalue weighted by Crippen LogP contribution is -2.25. The van der Waals surface area contributed by atoms with E-state index in [0.717, 1.165) is 22.4 Å². The number of amides is 1. The van der Waals surface area contributed by atoms with Crippen LogP contribution in [0.2, 0.25) is 0 Å². The van der Waals surface area contributed by atoms with Crippen molar-refractivity contribution in [2.45, 2.75) is 13.8 Å². The molecular weight excluding hydrogens is 280 g/mol. The Balaban J connectivity index is 1.84. The van der Waals surface area contributed by atoms with Gasteiger partial charge in [0.2, 0.25) is 0 Å². The molecule has 2 aromatic carbocycles. The maximum Gasteiger partial charge on any atom is 0.277 e. The monoisotopic (exact) mass is 298 g/mol. The summed E-state index contributed by atoms with van der Waals surface area (Å²) in [5, 5.41) is 13.0. The Bertz CT molecular complexity index is 659. The Morgan fingerprint density at radius 3 is 2.45 bits per heavy atom. The number of phenolic OH excluding ortho intramolecular Hbond substituents is 1. The van der Waals surface area contributed by atoms with Crippen LogP contribution >= 0.6 is 0 Å². The fourth-order valence-electron chi connectivity index (χ4n) is 1.94. The number of ether oxygens (including phenoxy) is 1. The number of phenols is 1. The normalized spacial score (nSPS) is 10.6. The first kappa shape index (κ1) is 15.6. The number of hydrogen-bond donors (Lipinski definition) is 2. The number of aryl methyl sites for hydroxylation is 2. The van der Waals surface area contributed by atoms with E-state index in [1.54, 1.807) is 24.3 Å². The molecule has 1 amide bonds. The molecule has 0 spiro atoms. The molecule has 0 heterocycles. The largest absolute Gasteiger partial charge is 0.508 e. The fourth-order valence-corrected chi connectivity index (χ4v) is 1.94. The van der Waals surface area contributed by atoms with Gasteiger partial charge < -0.3 is 9.84 Å². The standard InChI is InChI=1S/C17H18N2O3/c1-12-4-3-5-13(2)17(12)22-11-16(21)19-18-10-14-6-8-15(20)9-7-14/h3-10,20H,11H2,1-2H3,(H,19,21). The molecule has 0 radical (unpaired) electrons. The molecule has 0 fully saturated rings. The van der Waals surface area contributed by atoms with Crippen LogP contribution in [0, 0.1) is 13.8 Å². The minimum Gasteiger partial charge on any atom is -0.508 e. The first-order valence-electron chi connectivity index (χ1n) is 6.86. The molecule has 0 saturated heterocycles. The molecule has 0 bridgehead atoms.